The molecule has 1 amide bonds. The highest BCUT2D eigenvalue weighted by Crippen LogP contribution is 2.18. The summed E-state index contributed by atoms with van der Waals surface area (Å²) in [7, 11) is 0. The van der Waals surface area contributed by atoms with Crippen molar-refractivity contribution in [3.63, 3.8) is 0 Å². The highest BCUT2D eigenvalue weighted by Gasteiger charge is 2.18. The van der Waals surface area contributed by atoms with Crippen LogP contribution < -0.4 is 10.9 Å². The third-order valence-electron chi connectivity index (χ3n) is 4.06. The molecule has 0 unspecified atom stereocenters. The molecule has 2 aromatic rings. The Hall–Kier alpha value is -2.14. The van der Waals surface area contributed by atoms with Crippen LogP contribution in [0, 0.1) is 0 Å². The van der Waals surface area contributed by atoms with Gasteiger partial charge in [0.05, 0.1) is 6.42 Å². The Bertz CT molecular complexity index is 749. The molecule has 1 aliphatic carbocycles. The van der Waals surface area contributed by atoms with E-state index in [0.717, 1.165) is 31.2 Å². The molecule has 0 radical (unpaired) electrons. The Labute approximate surface area is 139 Å². The molecule has 1 fully saturated rings. The second-order valence-electron chi connectivity index (χ2n) is 5.82. The topological polar surface area (TPSA) is 74.8 Å². The molecule has 120 valence electrons. The Morgan fingerprint density at radius 3 is 2.61 bits per heavy atom. The molecule has 2 N–H and O–H groups in total. The molecule has 1 aromatic heterocycles. The van der Waals surface area contributed by atoms with Crippen molar-refractivity contribution >= 4 is 17.5 Å². The molecule has 5 nitrogen and oxygen atoms in total. The number of carbonyl (C=O) groups is 1. The van der Waals surface area contributed by atoms with Crippen molar-refractivity contribution in [2.24, 2.45) is 0 Å². The predicted octanol–water partition coefficient (Wildman–Crippen LogP) is 2.69. The Kier molecular flexibility index (Phi) is 4.76. The van der Waals surface area contributed by atoms with Crippen LogP contribution in [0.3, 0.4) is 0 Å². The number of hydrogen-bond donors (Lipinski definition) is 2. The molecular weight excluding hydrogens is 314 g/mol. The Morgan fingerprint density at radius 1 is 1.26 bits per heavy atom. The fraction of sp³-hybridized carbons (Fsp3) is 0.353. The fourth-order valence-electron chi connectivity index (χ4n) is 2.82. The molecule has 1 saturated carbocycles. The van der Waals surface area contributed by atoms with E-state index in [0.29, 0.717) is 16.4 Å². The highest BCUT2D eigenvalue weighted by molar-refractivity contribution is 6.30. The third kappa shape index (κ3) is 3.99. The maximum Gasteiger partial charge on any atom is 0.254 e. The summed E-state index contributed by atoms with van der Waals surface area (Å²) in [5.41, 5.74) is 0.859. The SMILES string of the molecule is O=C(Cc1cnc(-c2ccc(Cl)cc2)[nH]c1=O)NC1CCCC1. The second kappa shape index (κ2) is 6.96. The van der Waals surface area contributed by atoms with E-state index in [4.69, 9.17) is 11.6 Å². The first-order chi connectivity index (χ1) is 11.1. The van der Waals surface area contributed by atoms with Crippen LogP contribution >= 0.6 is 11.6 Å². The standard InChI is InChI=1S/C17H18ClN3O2/c18-13-7-5-11(6-8-13)16-19-10-12(17(23)21-16)9-15(22)20-14-3-1-2-4-14/h5-8,10,14H,1-4,9H2,(H,20,22)(H,19,21,23). The highest BCUT2D eigenvalue weighted by atomic mass is 35.5. The molecule has 0 atom stereocenters. The fourth-order valence-corrected chi connectivity index (χ4v) is 2.95. The number of carbonyl (C=O) groups excluding carboxylic acids is 1. The van der Waals surface area contributed by atoms with Crippen molar-refractivity contribution in [1.82, 2.24) is 15.3 Å². The van der Waals surface area contributed by atoms with Gasteiger partial charge in [0.25, 0.3) is 5.56 Å². The zero-order valence-electron chi connectivity index (χ0n) is 12.6. The first-order valence-corrected chi connectivity index (χ1v) is 8.13. The second-order valence-corrected chi connectivity index (χ2v) is 6.26. The quantitative estimate of drug-likeness (QED) is 0.904. The van der Waals surface area contributed by atoms with Gasteiger partial charge in [-0.3, -0.25) is 9.59 Å². The summed E-state index contributed by atoms with van der Waals surface area (Å²) >= 11 is 5.85. The van der Waals surface area contributed by atoms with Crippen LogP contribution in [-0.2, 0) is 11.2 Å². The van der Waals surface area contributed by atoms with Crippen molar-refractivity contribution in [2.45, 2.75) is 38.1 Å². The van der Waals surface area contributed by atoms with Crippen LogP contribution in [0.25, 0.3) is 11.4 Å². The zero-order valence-corrected chi connectivity index (χ0v) is 13.4. The van der Waals surface area contributed by atoms with Gasteiger partial charge in [0, 0.05) is 28.4 Å². The van der Waals surface area contributed by atoms with Crippen LogP contribution in [0.15, 0.2) is 35.3 Å². The zero-order chi connectivity index (χ0) is 16.2. The van der Waals surface area contributed by atoms with Crippen LogP contribution in [0.4, 0.5) is 0 Å². The summed E-state index contributed by atoms with van der Waals surface area (Å²) in [6, 6.07) is 7.29. The maximum atomic E-state index is 12.2. The summed E-state index contributed by atoms with van der Waals surface area (Å²) in [6.07, 6.45) is 5.88. The molecule has 0 aliphatic heterocycles. The lowest BCUT2D eigenvalue weighted by atomic mass is 10.2. The van der Waals surface area contributed by atoms with Gasteiger partial charge in [0.1, 0.15) is 5.82 Å². The first-order valence-electron chi connectivity index (χ1n) is 7.75. The van der Waals surface area contributed by atoms with E-state index in [1.807, 2.05) is 0 Å². The number of rotatable bonds is 4. The summed E-state index contributed by atoms with van der Waals surface area (Å²) in [5, 5.41) is 3.59. The third-order valence-corrected chi connectivity index (χ3v) is 4.31. The van der Waals surface area contributed by atoms with Crippen molar-refractivity contribution in [1.29, 1.82) is 0 Å². The van der Waals surface area contributed by atoms with E-state index in [2.05, 4.69) is 15.3 Å². The number of hydrogen-bond acceptors (Lipinski definition) is 3. The van der Waals surface area contributed by atoms with E-state index in [9.17, 15) is 9.59 Å². The van der Waals surface area contributed by atoms with Gasteiger partial charge in [0.2, 0.25) is 5.91 Å². The molecule has 1 aromatic carbocycles. The summed E-state index contributed by atoms with van der Waals surface area (Å²) in [4.78, 5) is 31.1. The van der Waals surface area contributed by atoms with Gasteiger partial charge in [0.15, 0.2) is 0 Å². The number of aromatic nitrogens is 2. The van der Waals surface area contributed by atoms with Crippen LogP contribution in [0.1, 0.15) is 31.2 Å². The van der Waals surface area contributed by atoms with Gasteiger partial charge < -0.3 is 10.3 Å². The summed E-state index contributed by atoms with van der Waals surface area (Å²) < 4.78 is 0. The number of halogens is 1. The summed E-state index contributed by atoms with van der Waals surface area (Å²) in [5.74, 6) is 0.343. The van der Waals surface area contributed by atoms with Crippen molar-refractivity contribution in [3.8, 4) is 11.4 Å². The largest absolute Gasteiger partial charge is 0.353 e. The first kappa shape index (κ1) is 15.7. The number of nitrogens with zero attached hydrogens (tertiary/aromatic N) is 1. The monoisotopic (exact) mass is 331 g/mol. The van der Waals surface area contributed by atoms with Crippen molar-refractivity contribution < 1.29 is 4.79 Å². The number of aromatic amines is 1. The summed E-state index contributed by atoms with van der Waals surface area (Å²) in [6.45, 7) is 0. The van der Waals surface area contributed by atoms with E-state index in [1.54, 1.807) is 24.3 Å². The average Bonchev–Trinajstić information content (AvgIpc) is 3.03. The molecule has 1 aliphatic rings. The van der Waals surface area contributed by atoms with E-state index >= 15 is 0 Å². The van der Waals surface area contributed by atoms with Gasteiger partial charge in [-0.25, -0.2) is 4.98 Å². The Balaban J connectivity index is 1.70. The van der Waals surface area contributed by atoms with Crippen LogP contribution in [-0.4, -0.2) is 21.9 Å². The van der Waals surface area contributed by atoms with Gasteiger partial charge in [-0.05, 0) is 37.1 Å². The van der Waals surface area contributed by atoms with Gasteiger partial charge in [-0.1, -0.05) is 24.4 Å². The number of amides is 1. The van der Waals surface area contributed by atoms with Crippen LogP contribution in [0.5, 0.6) is 0 Å². The number of benzene rings is 1. The maximum absolute atomic E-state index is 12.2. The minimum absolute atomic E-state index is 0.0553. The number of H-pyrrole nitrogens is 1. The van der Waals surface area contributed by atoms with E-state index in [1.165, 1.54) is 6.20 Å². The van der Waals surface area contributed by atoms with Gasteiger partial charge in [-0.15, -0.1) is 0 Å². The molecule has 0 saturated heterocycles. The molecule has 3 rings (SSSR count). The lowest BCUT2D eigenvalue weighted by molar-refractivity contribution is -0.121. The minimum atomic E-state index is -0.286. The lowest BCUT2D eigenvalue weighted by Gasteiger charge is -2.11. The van der Waals surface area contributed by atoms with Gasteiger partial charge in [-0.2, -0.15) is 0 Å². The average molecular weight is 332 g/mol. The molecule has 0 spiro atoms. The van der Waals surface area contributed by atoms with E-state index < -0.39 is 0 Å². The van der Waals surface area contributed by atoms with Gasteiger partial charge >= 0.3 is 0 Å². The molecule has 6 heteroatoms. The van der Waals surface area contributed by atoms with Crippen molar-refractivity contribution in [2.75, 3.05) is 0 Å². The van der Waals surface area contributed by atoms with E-state index in [-0.39, 0.29) is 23.9 Å². The molecule has 1 heterocycles. The normalized spacial score (nSPS) is 14.8. The lowest BCUT2D eigenvalue weighted by Crippen LogP contribution is -2.35. The van der Waals surface area contributed by atoms with Crippen LogP contribution in [0.2, 0.25) is 5.02 Å². The number of nitrogens with one attached hydrogen (secondary N) is 2. The minimum Gasteiger partial charge on any atom is -0.353 e. The molecule has 23 heavy (non-hydrogen) atoms. The Morgan fingerprint density at radius 2 is 1.96 bits per heavy atom. The van der Waals surface area contributed by atoms with Crippen molar-refractivity contribution in [3.05, 3.63) is 51.4 Å². The predicted molar refractivity (Wildman–Crippen MR) is 89.4 cm³/mol. The smallest absolute Gasteiger partial charge is 0.254 e. The molecular formula is C17H18ClN3O2. The molecule has 0 bridgehead atoms.